The maximum Gasteiger partial charge on any atom is 0.335 e. The Labute approximate surface area is 179 Å². The van der Waals surface area contributed by atoms with Crippen LogP contribution in [0.2, 0.25) is 0 Å². The first kappa shape index (κ1) is 20.3. The lowest BCUT2D eigenvalue weighted by molar-refractivity contribution is 0.0697. The summed E-state index contributed by atoms with van der Waals surface area (Å²) in [6.07, 6.45) is 0.755. The third kappa shape index (κ3) is 4.05. The number of methoxy groups -OCH3 is 1. The first-order valence-corrected chi connectivity index (χ1v) is 9.94. The molecule has 8 nitrogen and oxygen atoms in total. The molecule has 0 unspecified atom stereocenters. The minimum Gasteiger partial charge on any atom is -0.497 e. The van der Waals surface area contributed by atoms with E-state index in [1.807, 2.05) is 38.2 Å². The van der Waals surface area contributed by atoms with Gasteiger partial charge in [0, 0.05) is 19.2 Å². The number of benzene rings is 2. The van der Waals surface area contributed by atoms with Crippen LogP contribution < -0.4 is 10.1 Å². The summed E-state index contributed by atoms with van der Waals surface area (Å²) < 4.78 is 6.98. The number of rotatable bonds is 7. The number of carboxylic acid groups (broad SMARTS) is 1. The number of anilines is 1. The molecule has 2 heterocycles. The number of ether oxygens (including phenoxy) is 1. The number of carbonyl (C=O) groups is 1. The maximum atomic E-state index is 11.2. The van der Waals surface area contributed by atoms with Crippen LogP contribution in [0.1, 0.15) is 28.5 Å². The molecule has 8 heteroatoms. The van der Waals surface area contributed by atoms with Crippen LogP contribution in [0, 0.1) is 0 Å². The lowest BCUT2D eigenvalue weighted by atomic mass is 10.1. The normalized spacial score (nSPS) is 10.9. The molecule has 0 aliphatic heterocycles. The number of aromatic carboxylic acids is 1. The van der Waals surface area contributed by atoms with Crippen LogP contribution in [0.15, 0.2) is 48.5 Å². The summed E-state index contributed by atoms with van der Waals surface area (Å²) in [6, 6.07) is 14.4. The summed E-state index contributed by atoms with van der Waals surface area (Å²) in [5, 5.41) is 18.1. The largest absolute Gasteiger partial charge is 0.497 e. The Morgan fingerprint density at radius 3 is 2.42 bits per heavy atom. The Morgan fingerprint density at radius 1 is 1.10 bits per heavy atom. The number of fused-ring (bicyclic) bond motifs is 1. The Morgan fingerprint density at radius 2 is 1.81 bits per heavy atom. The van der Waals surface area contributed by atoms with Gasteiger partial charge in [-0.3, -0.25) is 0 Å². The number of nitrogens with one attached hydrogen (secondary N) is 1. The van der Waals surface area contributed by atoms with Gasteiger partial charge in [0.05, 0.1) is 23.8 Å². The number of hydrogen-bond acceptors (Lipinski definition) is 6. The lowest BCUT2D eigenvalue weighted by Crippen LogP contribution is -2.05. The molecule has 2 N–H and O–H groups in total. The zero-order chi connectivity index (χ0) is 22.0. The molecule has 0 spiro atoms. The van der Waals surface area contributed by atoms with Crippen LogP contribution in [0.3, 0.4) is 0 Å². The first-order chi connectivity index (χ1) is 15.0. The van der Waals surface area contributed by atoms with Crippen LogP contribution in [-0.4, -0.2) is 37.9 Å². The van der Waals surface area contributed by atoms with Crippen molar-refractivity contribution in [1.29, 1.82) is 0 Å². The van der Waals surface area contributed by atoms with Gasteiger partial charge in [0.15, 0.2) is 11.5 Å². The van der Waals surface area contributed by atoms with E-state index in [1.54, 1.807) is 36.1 Å². The Balaban J connectivity index is 1.74. The molecule has 0 bridgehead atoms. The molecule has 158 valence electrons. The second-order valence-electron chi connectivity index (χ2n) is 7.10. The quantitative estimate of drug-likeness (QED) is 0.470. The zero-order valence-electron chi connectivity index (χ0n) is 17.6. The van der Waals surface area contributed by atoms with Gasteiger partial charge in [-0.1, -0.05) is 31.2 Å². The van der Waals surface area contributed by atoms with Crippen molar-refractivity contribution in [3.05, 3.63) is 65.4 Å². The molecule has 0 fully saturated rings. The van der Waals surface area contributed by atoms with Gasteiger partial charge in [-0.05, 0) is 36.2 Å². The molecule has 4 aromatic rings. The smallest absolute Gasteiger partial charge is 0.335 e. The Hall–Kier alpha value is -3.94. The fraction of sp³-hybridized carbons (Fsp3) is 0.217. The molecule has 0 amide bonds. The molecule has 31 heavy (non-hydrogen) atoms. The van der Waals surface area contributed by atoms with E-state index in [0.717, 1.165) is 40.0 Å². The van der Waals surface area contributed by atoms with Gasteiger partial charge in [-0.2, -0.15) is 5.10 Å². The molecule has 4 rings (SSSR count). The predicted octanol–water partition coefficient (Wildman–Crippen LogP) is 3.91. The number of hydrogen-bond donors (Lipinski definition) is 2. The Bertz CT molecular complexity index is 1230. The average molecular weight is 417 g/mol. The number of carboxylic acids is 1. The topological polar surface area (TPSA) is 102 Å². The van der Waals surface area contributed by atoms with Crippen molar-refractivity contribution in [3.8, 4) is 17.1 Å². The first-order valence-electron chi connectivity index (χ1n) is 9.94. The van der Waals surface area contributed by atoms with Crippen molar-refractivity contribution < 1.29 is 14.6 Å². The number of aryl methyl sites for hydroxylation is 2. The summed E-state index contributed by atoms with van der Waals surface area (Å²) in [7, 11) is 3.50. The Kier molecular flexibility index (Phi) is 5.53. The summed E-state index contributed by atoms with van der Waals surface area (Å²) in [5.74, 6) is 1.04. The summed E-state index contributed by atoms with van der Waals surface area (Å²) in [5.41, 5.74) is 3.68. The predicted molar refractivity (Wildman–Crippen MR) is 118 cm³/mol. The maximum absolute atomic E-state index is 11.2. The third-order valence-electron chi connectivity index (χ3n) is 5.10. The molecule has 0 aliphatic carbocycles. The molecular formula is C23H23N5O3. The lowest BCUT2D eigenvalue weighted by Gasteiger charge is -2.11. The van der Waals surface area contributed by atoms with Crippen molar-refractivity contribution in [2.75, 3.05) is 12.4 Å². The van der Waals surface area contributed by atoms with Crippen molar-refractivity contribution >= 4 is 22.8 Å². The molecule has 0 radical (unpaired) electrons. The van der Waals surface area contributed by atoms with Gasteiger partial charge >= 0.3 is 5.97 Å². The third-order valence-corrected chi connectivity index (χ3v) is 5.10. The highest BCUT2D eigenvalue weighted by Gasteiger charge is 2.17. The summed E-state index contributed by atoms with van der Waals surface area (Å²) in [6.45, 7) is 2.62. The molecule has 0 aliphatic rings. The van der Waals surface area contributed by atoms with Crippen LogP contribution in [-0.2, 0) is 20.0 Å². The van der Waals surface area contributed by atoms with Gasteiger partial charge in [-0.15, -0.1) is 0 Å². The minimum atomic E-state index is -0.969. The standard InChI is InChI=1S/C23H23N5O3/c1-4-18-19-21(24-13-14-5-11-17(31-3)12-6-14)25-20(26-22(19)28(2)27-18)15-7-9-16(10-8-15)23(29)30/h5-12H,4,13H2,1-3H3,(H,29,30)(H,24,25,26). The average Bonchev–Trinajstić information content (AvgIpc) is 3.13. The highest BCUT2D eigenvalue weighted by atomic mass is 16.5. The fourth-order valence-electron chi connectivity index (χ4n) is 3.42. The van der Waals surface area contributed by atoms with Crippen LogP contribution >= 0.6 is 0 Å². The summed E-state index contributed by atoms with van der Waals surface area (Å²) >= 11 is 0. The second kappa shape index (κ2) is 8.43. The van der Waals surface area contributed by atoms with Gasteiger partial charge < -0.3 is 15.2 Å². The fourth-order valence-corrected chi connectivity index (χ4v) is 3.42. The van der Waals surface area contributed by atoms with E-state index < -0.39 is 5.97 Å². The van der Waals surface area contributed by atoms with Gasteiger partial charge in [-0.25, -0.2) is 19.4 Å². The van der Waals surface area contributed by atoms with E-state index >= 15 is 0 Å². The van der Waals surface area contributed by atoms with Crippen molar-refractivity contribution in [2.24, 2.45) is 7.05 Å². The van der Waals surface area contributed by atoms with Gasteiger partial charge in [0.2, 0.25) is 0 Å². The van der Waals surface area contributed by atoms with E-state index in [-0.39, 0.29) is 5.56 Å². The molecule has 2 aromatic carbocycles. The van der Waals surface area contributed by atoms with Gasteiger partial charge in [0.25, 0.3) is 0 Å². The molecular weight excluding hydrogens is 394 g/mol. The monoisotopic (exact) mass is 417 g/mol. The molecule has 0 saturated carbocycles. The van der Waals surface area contributed by atoms with E-state index in [0.29, 0.717) is 18.2 Å². The van der Waals surface area contributed by atoms with Crippen molar-refractivity contribution in [2.45, 2.75) is 19.9 Å². The number of nitrogens with zero attached hydrogens (tertiary/aromatic N) is 4. The highest BCUT2D eigenvalue weighted by molar-refractivity contribution is 5.91. The van der Waals surface area contributed by atoms with Crippen LogP contribution in [0.5, 0.6) is 5.75 Å². The highest BCUT2D eigenvalue weighted by Crippen LogP contribution is 2.28. The van der Waals surface area contributed by atoms with Crippen molar-refractivity contribution in [3.63, 3.8) is 0 Å². The summed E-state index contributed by atoms with van der Waals surface area (Å²) in [4.78, 5) is 20.6. The molecule has 0 saturated heterocycles. The molecule has 0 atom stereocenters. The van der Waals surface area contributed by atoms with Crippen molar-refractivity contribution in [1.82, 2.24) is 19.7 Å². The zero-order valence-corrected chi connectivity index (χ0v) is 17.6. The van der Waals surface area contributed by atoms with Crippen LogP contribution in [0.4, 0.5) is 5.82 Å². The van der Waals surface area contributed by atoms with Crippen LogP contribution in [0.25, 0.3) is 22.4 Å². The molecule has 2 aromatic heterocycles. The minimum absolute atomic E-state index is 0.219. The van der Waals surface area contributed by atoms with Gasteiger partial charge in [0.1, 0.15) is 11.6 Å². The van der Waals surface area contributed by atoms with E-state index in [2.05, 4.69) is 10.4 Å². The SMILES string of the molecule is CCc1nn(C)c2nc(-c3ccc(C(=O)O)cc3)nc(NCc3ccc(OC)cc3)c12. The van der Waals surface area contributed by atoms with E-state index in [9.17, 15) is 4.79 Å². The number of aromatic nitrogens is 4. The second-order valence-corrected chi connectivity index (χ2v) is 7.10. The van der Waals surface area contributed by atoms with E-state index in [1.165, 1.54) is 0 Å². The van der Waals surface area contributed by atoms with E-state index in [4.69, 9.17) is 19.8 Å².